The normalized spacial score (nSPS) is 14.2. The SMILES string of the molecule is COc1ccc(F)cc1C(C)(C)CC(O)(CNc1nc(C(F)(F)F)nc2c1cnn2-c1ccc(F)cc1F)C(F)(F)F. The number of rotatable bonds is 8. The fourth-order valence-electron chi connectivity index (χ4n) is 4.53. The highest BCUT2D eigenvalue weighted by Crippen LogP contribution is 2.44. The fourth-order valence-corrected chi connectivity index (χ4v) is 4.53. The van der Waals surface area contributed by atoms with Crippen molar-refractivity contribution in [2.75, 3.05) is 19.0 Å². The lowest BCUT2D eigenvalue weighted by molar-refractivity contribution is -0.260. The largest absolute Gasteiger partial charge is 0.496 e. The van der Waals surface area contributed by atoms with Crippen LogP contribution >= 0.6 is 0 Å². The van der Waals surface area contributed by atoms with Gasteiger partial charge in [0.1, 0.15) is 28.9 Å². The topological polar surface area (TPSA) is 85.1 Å². The molecule has 0 radical (unpaired) electrons. The highest BCUT2D eigenvalue weighted by Gasteiger charge is 2.56. The number of alkyl halides is 6. The van der Waals surface area contributed by atoms with E-state index < -0.39 is 76.8 Å². The van der Waals surface area contributed by atoms with Gasteiger partial charge in [-0.1, -0.05) is 13.8 Å². The number of nitrogens with one attached hydrogen (secondary N) is 1. The van der Waals surface area contributed by atoms with Gasteiger partial charge in [-0.25, -0.2) is 27.8 Å². The number of aromatic nitrogens is 4. The molecule has 0 aliphatic carbocycles. The minimum Gasteiger partial charge on any atom is -0.496 e. The molecule has 7 nitrogen and oxygen atoms in total. The maximum Gasteiger partial charge on any atom is 0.451 e. The van der Waals surface area contributed by atoms with Crippen LogP contribution in [0.5, 0.6) is 5.75 Å². The van der Waals surface area contributed by atoms with Crippen molar-refractivity contribution >= 4 is 16.9 Å². The second-order valence-corrected chi connectivity index (χ2v) is 10.1. The third-order valence-electron chi connectivity index (χ3n) is 6.52. The van der Waals surface area contributed by atoms with Gasteiger partial charge in [0.25, 0.3) is 0 Å². The molecule has 4 rings (SSSR count). The maximum absolute atomic E-state index is 14.4. The molecule has 226 valence electrons. The summed E-state index contributed by atoms with van der Waals surface area (Å²) in [5, 5.41) is 16.4. The number of fused-ring (bicyclic) bond motifs is 1. The molecule has 16 heteroatoms. The summed E-state index contributed by atoms with van der Waals surface area (Å²) in [6, 6.07) is 5.34. The van der Waals surface area contributed by atoms with Crippen LogP contribution in [0.3, 0.4) is 0 Å². The third kappa shape index (κ3) is 5.93. The molecule has 1 unspecified atom stereocenters. The molecule has 42 heavy (non-hydrogen) atoms. The van der Waals surface area contributed by atoms with Gasteiger partial charge in [-0.15, -0.1) is 0 Å². The zero-order chi connectivity index (χ0) is 31.3. The number of halogens is 9. The molecule has 2 aromatic heterocycles. The van der Waals surface area contributed by atoms with Crippen molar-refractivity contribution in [1.82, 2.24) is 19.7 Å². The monoisotopic (exact) mass is 607 g/mol. The van der Waals surface area contributed by atoms with Crippen molar-refractivity contribution < 1.29 is 49.4 Å². The summed E-state index contributed by atoms with van der Waals surface area (Å²) >= 11 is 0. The molecule has 0 fully saturated rings. The van der Waals surface area contributed by atoms with Gasteiger partial charge in [0, 0.05) is 11.6 Å². The van der Waals surface area contributed by atoms with Crippen LogP contribution < -0.4 is 10.1 Å². The lowest BCUT2D eigenvalue weighted by Crippen LogP contribution is -2.53. The number of hydrogen-bond donors (Lipinski definition) is 2. The summed E-state index contributed by atoms with van der Waals surface area (Å²) in [5.41, 5.74) is -6.34. The lowest BCUT2D eigenvalue weighted by atomic mass is 9.74. The average Bonchev–Trinajstić information content (AvgIpc) is 3.30. The quantitative estimate of drug-likeness (QED) is 0.228. The van der Waals surface area contributed by atoms with E-state index in [-0.39, 0.29) is 16.7 Å². The Balaban J connectivity index is 1.77. The Hall–Kier alpha value is -4.08. The smallest absolute Gasteiger partial charge is 0.451 e. The molecular weight excluding hydrogens is 585 g/mol. The van der Waals surface area contributed by atoms with E-state index in [1.165, 1.54) is 27.0 Å². The van der Waals surface area contributed by atoms with E-state index in [2.05, 4.69) is 20.4 Å². The second-order valence-electron chi connectivity index (χ2n) is 10.1. The molecule has 2 heterocycles. The minimum atomic E-state index is -5.34. The molecule has 2 N–H and O–H groups in total. The van der Waals surface area contributed by atoms with Crippen LogP contribution in [-0.4, -0.2) is 50.3 Å². The average molecular weight is 607 g/mol. The zero-order valence-electron chi connectivity index (χ0n) is 22.0. The summed E-state index contributed by atoms with van der Waals surface area (Å²) in [5.74, 6) is -5.52. The van der Waals surface area contributed by atoms with Gasteiger partial charge < -0.3 is 15.2 Å². The first kappa shape index (κ1) is 30.9. The van der Waals surface area contributed by atoms with Gasteiger partial charge >= 0.3 is 12.4 Å². The van der Waals surface area contributed by atoms with Crippen molar-refractivity contribution in [1.29, 1.82) is 0 Å². The van der Waals surface area contributed by atoms with E-state index in [0.717, 1.165) is 30.5 Å². The first-order valence-electron chi connectivity index (χ1n) is 12.0. The standard InChI is InChI=1S/C26H22F9N5O2/c1-23(2,16-8-13(27)5-7-19(16)42-3)11-24(41,26(33,34)35)12-36-20-15-10-37-40(18-6-4-14(28)9-17(18)29)21(15)39-22(38-20)25(30,31)32/h4-10,41H,11-12H2,1-3H3,(H,36,38,39). The highest BCUT2D eigenvalue weighted by atomic mass is 19.4. The van der Waals surface area contributed by atoms with E-state index in [9.17, 15) is 44.6 Å². The van der Waals surface area contributed by atoms with Crippen LogP contribution in [0.1, 0.15) is 31.7 Å². The van der Waals surface area contributed by atoms with Crippen molar-refractivity contribution in [2.45, 2.75) is 43.6 Å². The maximum atomic E-state index is 14.4. The third-order valence-corrected chi connectivity index (χ3v) is 6.52. The van der Waals surface area contributed by atoms with Gasteiger partial charge in [0.2, 0.25) is 5.82 Å². The highest BCUT2D eigenvalue weighted by molar-refractivity contribution is 5.87. The number of nitrogens with zero attached hydrogens (tertiary/aromatic N) is 4. The predicted molar refractivity (Wildman–Crippen MR) is 132 cm³/mol. The van der Waals surface area contributed by atoms with Crippen LogP contribution in [0.4, 0.5) is 45.3 Å². The Labute approximate surface area is 232 Å². The van der Waals surface area contributed by atoms with Crippen LogP contribution in [0.2, 0.25) is 0 Å². The Kier molecular flexibility index (Phi) is 7.82. The number of ether oxygens (including phenoxy) is 1. The molecule has 1 atom stereocenters. The summed E-state index contributed by atoms with van der Waals surface area (Å²) < 4.78 is 131. The van der Waals surface area contributed by atoms with Crippen molar-refractivity contribution in [3.8, 4) is 11.4 Å². The van der Waals surface area contributed by atoms with Crippen LogP contribution in [0.15, 0.2) is 42.6 Å². The number of anilines is 1. The molecule has 0 spiro atoms. The van der Waals surface area contributed by atoms with Crippen molar-refractivity contribution in [3.63, 3.8) is 0 Å². The first-order chi connectivity index (χ1) is 19.4. The van der Waals surface area contributed by atoms with E-state index in [4.69, 9.17) is 4.74 Å². The predicted octanol–water partition coefficient (Wildman–Crippen LogP) is 6.33. The molecular formula is C26H22F9N5O2. The van der Waals surface area contributed by atoms with Crippen LogP contribution in [0, 0.1) is 17.5 Å². The molecule has 0 bridgehead atoms. The van der Waals surface area contributed by atoms with Crippen molar-refractivity contribution in [2.24, 2.45) is 0 Å². The van der Waals surface area contributed by atoms with Gasteiger partial charge in [0.05, 0.1) is 25.2 Å². The van der Waals surface area contributed by atoms with E-state index >= 15 is 0 Å². The summed E-state index contributed by atoms with van der Waals surface area (Å²) in [7, 11) is 1.22. The molecule has 0 amide bonds. The molecule has 2 aromatic carbocycles. The fraction of sp³-hybridized carbons (Fsp3) is 0.346. The number of aliphatic hydroxyl groups is 1. The lowest BCUT2D eigenvalue weighted by Gasteiger charge is -2.38. The van der Waals surface area contributed by atoms with Gasteiger partial charge in [-0.05, 0) is 42.2 Å². The van der Waals surface area contributed by atoms with Crippen LogP contribution in [-0.2, 0) is 11.6 Å². The van der Waals surface area contributed by atoms with Gasteiger partial charge in [-0.2, -0.15) is 31.4 Å². The minimum absolute atomic E-state index is 0.000870. The Morgan fingerprint density at radius 3 is 2.17 bits per heavy atom. The van der Waals surface area contributed by atoms with E-state index in [0.29, 0.717) is 10.7 Å². The molecule has 0 saturated heterocycles. The number of hydrogen-bond acceptors (Lipinski definition) is 6. The summed E-state index contributed by atoms with van der Waals surface area (Å²) in [6.45, 7) is 1.19. The summed E-state index contributed by atoms with van der Waals surface area (Å²) in [4.78, 5) is 6.65. The number of benzene rings is 2. The molecule has 0 aliphatic rings. The van der Waals surface area contributed by atoms with Gasteiger partial charge in [0.15, 0.2) is 17.1 Å². The Morgan fingerprint density at radius 1 is 0.929 bits per heavy atom. The van der Waals surface area contributed by atoms with E-state index in [1.807, 2.05) is 0 Å². The first-order valence-corrected chi connectivity index (χ1v) is 12.0. The van der Waals surface area contributed by atoms with Crippen molar-refractivity contribution in [3.05, 3.63) is 71.4 Å². The summed E-state index contributed by atoms with van der Waals surface area (Å²) in [6.07, 6.45) is -10.7. The zero-order valence-corrected chi connectivity index (χ0v) is 22.0. The molecule has 4 aromatic rings. The second kappa shape index (κ2) is 10.6. The van der Waals surface area contributed by atoms with Gasteiger partial charge in [-0.3, -0.25) is 0 Å². The van der Waals surface area contributed by atoms with Crippen LogP contribution in [0.25, 0.3) is 16.7 Å². The molecule has 0 saturated carbocycles. The Bertz CT molecular complexity index is 1620. The number of methoxy groups -OCH3 is 1. The Morgan fingerprint density at radius 2 is 1.57 bits per heavy atom. The molecule has 0 aliphatic heterocycles. The van der Waals surface area contributed by atoms with E-state index in [1.54, 1.807) is 0 Å².